The molecule has 3 fully saturated rings. The van der Waals surface area contributed by atoms with E-state index in [1.54, 1.807) is 6.20 Å². The number of amides is 2. The van der Waals surface area contributed by atoms with Crippen LogP contribution in [0, 0.1) is 12.3 Å². The molecule has 0 bridgehead atoms. The van der Waals surface area contributed by atoms with Crippen LogP contribution in [-0.2, 0) is 16.1 Å². The second-order valence-electron chi connectivity index (χ2n) is 8.47. The number of piperidine rings is 1. The number of nitrogens with zero attached hydrogens (tertiary/aromatic N) is 4. The van der Waals surface area contributed by atoms with Crippen molar-refractivity contribution in [1.29, 1.82) is 0 Å². The van der Waals surface area contributed by atoms with Gasteiger partial charge in [-0.05, 0) is 52.4 Å². The summed E-state index contributed by atoms with van der Waals surface area (Å²) in [5.74, 6) is 0.105. The van der Waals surface area contributed by atoms with Crippen molar-refractivity contribution in [2.24, 2.45) is 5.41 Å². The molecule has 2 amide bonds. The van der Waals surface area contributed by atoms with E-state index in [4.69, 9.17) is 4.74 Å². The minimum Gasteiger partial charge on any atom is -0.381 e. The molecule has 28 heavy (non-hydrogen) atoms. The summed E-state index contributed by atoms with van der Waals surface area (Å²) in [5, 5.41) is 4.36. The molecule has 0 aromatic carbocycles. The molecule has 4 heterocycles. The Morgan fingerprint density at radius 3 is 2.50 bits per heavy atom. The smallest absolute Gasteiger partial charge is 0.258 e. The van der Waals surface area contributed by atoms with Gasteiger partial charge in [-0.2, -0.15) is 5.10 Å². The summed E-state index contributed by atoms with van der Waals surface area (Å²) in [6.07, 6.45) is 7.44. The molecule has 0 saturated carbocycles. The number of aryl methyl sites for hydroxylation is 1. The number of aromatic nitrogens is 2. The lowest BCUT2D eigenvalue weighted by molar-refractivity contribution is -0.147. The number of carbonyl (C=O) groups is 2. The SMILES string of the molecule is CCn1ncc(C(=O)N2CCCC3(CCOCC3)C2C(=O)N2CCCC2)c1C. The zero-order chi connectivity index (χ0) is 19.7. The van der Waals surface area contributed by atoms with Gasteiger partial charge in [-0.3, -0.25) is 14.3 Å². The summed E-state index contributed by atoms with van der Waals surface area (Å²) >= 11 is 0. The van der Waals surface area contributed by atoms with Crippen LogP contribution in [0.2, 0.25) is 0 Å². The minimum atomic E-state index is -0.375. The van der Waals surface area contributed by atoms with Crippen LogP contribution in [0.1, 0.15) is 61.5 Å². The highest BCUT2D eigenvalue weighted by molar-refractivity contribution is 5.98. The van der Waals surface area contributed by atoms with Crippen LogP contribution in [0.3, 0.4) is 0 Å². The third kappa shape index (κ3) is 3.23. The fourth-order valence-corrected chi connectivity index (χ4v) is 5.35. The first-order valence-electron chi connectivity index (χ1n) is 10.8. The molecule has 7 nitrogen and oxygen atoms in total. The van der Waals surface area contributed by atoms with E-state index in [1.807, 2.05) is 28.3 Å². The summed E-state index contributed by atoms with van der Waals surface area (Å²) in [5.41, 5.74) is 1.36. The number of hydrogen-bond acceptors (Lipinski definition) is 4. The molecule has 3 saturated heterocycles. The number of ether oxygens (including phenoxy) is 1. The van der Waals surface area contributed by atoms with Gasteiger partial charge >= 0.3 is 0 Å². The van der Waals surface area contributed by atoms with Gasteiger partial charge in [-0.1, -0.05) is 0 Å². The van der Waals surface area contributed by atoms with Crippen LogP contribution in [0.15, 0.2) is 6.20 Å². The molecule has 0 aliphatic carbocycles. The number of hydrogen-bond donors (Lipinski definition) is 0. The predicted molar refractivity (Wildman–Crippen MR) is 105 cm³/mol. The van der Waals surface area contributed by atoms with Crippen LogP contribution in [0.4, 0.5) is 0 Å². The highest BCUT2D eigenvalue weighted by atomic mass is 16.5. The van der Waals surface area contributed by atoms with Crippen molar-refractivity contribution in [3.63, 3.8) is 0 Å². The van der Waals surface area contributed by atoms with E-state index in [0.717, 1.165) is 63.9 Å². The third-order valence-electron chi connectivity index (χ3n) is 7.00. The van der Waals surface area contributed by atoms with E-state index < -0.39 is 0 Å². The van der Waals surface area contributed by atoms with Crippen molar-refractivity contribution < 1.29 is 14.3 Å². The highest BCUT2D eigenvalue weighted by Gasteiger charge is 2.52. The highest BCUT2D eigenvalue weighted by Crippen LogP contribution is 2.45. The van der Waals surface area contributed by atoms with Gasteiger partial charge in [0.25, 0.3) is 5.91 Å². The Labute approximate surface area is 167 Å². The molecule has 3 aliphatic heterocycles. The van der Waals surface area contributed by atoms with E-state index in [0.29, 0.717) is 25.3 Å². The molecule has 3 aliphatic rings. The van der Waals surface area contributed by atoms with Crippen molar-refractivity contribution in [1.82, 2.24) is 19.6 Å². The lowest BCUT2D eigenvalue weighted by atomic mass is 9.67. The Morgan fingerprint density at radius 2 is 1.86 bits per heavy atom. The molecule has 0 radical (unpaired) electrons. The lowest BCUT2D eigenvalue weighted by Gasteiger charge is -2.51. The van der Waals surface area contributed by atoms with Crippen LogP contribution in [0.25, 0.3) is 0 Å². The molecule has 4 rings (SSSR count). The number of likely N-dealkylation sites (tertiary alicyclic amines) is 2. The van der Waals surface area contributed by atoms with Gasteiger partial charge in [0.2, 0.25) is 5.91 Å². The number of carbonyl (C=O) groups excluding carboxylic acids is 2. The molecule has 0 N–H and O–H groups in total. The zero-order valence-electron chi connectivity index (χ0n) is 17.2. The molecule has 7 heteroatoms. The third-order valence-corrected chi connectivity index (χ3v) is 7.00. The van der Waals surface area contributed by atoms with Crippen LogP contribution in [-0.4, -0.2) is 70.3 Å². The second kappa shape index (κ2) is 7.85. The van der Waals surface area contributed by atoms with Crippen LogP contribution < -0.4 is 0 Å². The van der Waals surface area contributed by atoms with Crippen molar-refractivity contribution in [2.45, 2.75) is 65.0 Å². The van der Waals surface area contributed by atoms with E-state index in [2.05, 4.69) is 5.10 Å². The summed E-state index contributed by atoms with van der Waals surface area (Å²) in [4.78, 5) is 31.1. The minimum absolute atomic E-state index is 0.0414. The molecule has 1 aromatic heterocycles. The largest absolute Gasteiger partial charge is 0.381 e. The van der Waals surface area contributed by atoms with Crippen LogP contribution in [0.5, 0.6) is 0 Å². The Morgan fingerprint density at radius 1 is 1.14 bits per heavy atom. The summed E-state index contributed by atoms with van der Waals surface area (Å²) in [7, 11) is 0. The van der Waals surface area contributed by atoms with Crippen molar-refractivity contribution >= 4 is 11.8 Å². The molecule has 1 unspecified atom stereocenters. The maximum absolute atomic E-state index is 13.6. The van der Waals surface area contributed by atoms with Gasteiger partial charge < -0.3 is 14.5 Å². The second-order valence-corrected chi connectivity index (χ2v) is 8.47. The summed E-state index contributed by atoms with van der Waals surface area (Å²) < 4.78 is 7.47. The van der Waals surface area contributed by atoms with Gasteiger partial charge in [0.05, 0.1) is 11.8 Å². The Balaban J connectivity index is 1.69. The molecule has 1 atom stereocenters. The fourth-order valence-electron chi connectivity index (χ4n) is 5.35. The Bertz CT molecular complexity index is 726. The first kappa shape index (κ1) is 19.4. The van der Waals surface area contributed by atoms with Crippen molar-refractivity contribution in [3.8, 4) is 0 Å². The van der Waals surface area contributed by atoms with E-state index in [-0.39, 0.29) is 23.3 Å². The average molecular weight is 389 g/mol. The maximum Gasteiger partial charge on any atom is 0.258 e. The number of rotatable bonds is 3. The van der Waals surface area contributed by atoms with E-state index in [1.165, 1.54) is 0 Å². The average Bonchev–Trinajstić information content (AvgIpc) is 3.37. The van der Waals surface area contributed by atoms with E-state index in [9.17, 15) is 9.59 Å². The zero-order valence-corrected chi connectivity index (χ0v) is 17.2. The van der Waals surface area contributed by atoms with Crippen molar-refractivity contribution in [3.05, 3.63) is 17.5 Å². The van der Waals surface area contributed by atoms with Gasteiger partial charge in [0, 0.05) is 50.5 Å². The fraction of sp³-hybridized carbons (Fsp3) is 0.762. The Kier molecular flexibility index (Phi) is 5.45. The predicted octanol–water partition coefficient (Wildman–Crippen LogP) is 2.24. The molecule has 154 valence electrons. The Hall–Kier alpha value is -1.89. The lowest BCUT2D eigenvalue weighted by Crippen LogP contribution is -2.62. The van der Waals surface area contributed by atoms with Gasteiger partial charge in [0.1, 0.15) is 6.04 Å². The van der Waals surface area contributed by atoms with Crippen molar-refractivity contribution in [2.75, 3.05) is 32.8 Å². The first-order chi connectivity index (χ1) is 13.6. The first-order valence-corrected chi connectivity index (χ1v) is 10.8. The summed E-state index contributed by atoms with van der Waals surface area (Å²) in [6.45, 7) is 8.32. The molecular weight excluding hydrogens is 356 g/mol. The van der Waals surface area contributed by atoms with Gasteiger partial charge in [0.15, 0.2) is 0 Å². The summed E-state index contributed by atoms with van der Waals surface area (Å²) in [6, 6.07) is -0.375. The molecule has 1 aromatic rings. The molecular formula is C21H32N4O3. The van der Waals surface area contributed by atoms with Gasteiger partial charge in [-0.15, -0.1) is 0 Å². The van der Waals surface area contributed by atoms with Crippen LogP contribution >= 0.6 is 0 Å². The topological polar surface area (TPSA) is 67.7 Å². The molecule has 1 spiro atoms. The van der Waals surface area contributed by atoms with Gasteiger partial charge in [-0.25, -0.2) is 0 Å². The normalized spacial score (nSPS) is 24.7. The standard InChI is InChI=1S/C21H32N4O3/c1-3-25-16(2)17(15-22-25)19(26)24-12-6-7-21(8-13-28-14-9-21)18(24)20(27)23-10-4-5-11-23/h15,18H,3-14H2,1-2H3. The monoisotopic (exact) mass is 388 g/mol. The maximum atomic E-state index is 13.6. The van der Waals surface area contributed by atoms with E-state index >= 15 is 0 Å². The quantitative estimate of drug-likeness (QED) is 0.796.